The van der Waals surface area contributed by atoms with Crippen LogP contribution in [-0.2, 0) is 10.2 Å². The molecular formula is C20H24O2. The highest BCUT2D eigenvalue weighted by Gasteiger charge is 2.52. The molecule has 4 bridgehead atoms. The highest BCUT2D eigenvalue weighted by atomic mass is 16.5. The highest BCUT2D eigenvalue weighted by molar-refractivity contribution is 5.48. The first kappa shape index (κ1) is 14.0. The van der Waals surface area contributed by atoms with Gasteiger partial charge in [-0.1, -0.05) is 0 Å². The van der Waals surface area contributed by atoms with Crippen molar-refractivity contribution in [2.75, 3.05) is 14.2 Å². The van der Waals surface area contributed by atoms with E-state index in [9.17, 15) is 0 Å². The Balaban J connectivity index is 1.77. The molecule has 0 aliphatic heterocycles. The molecule has 0 atom stereocenters. The summed E-state index contributed by atoms with van der Waals surface area (Å²) >= 11 is 0. The second kappa shape index (κ2) is 5.23. The fraction of sp³-hybridized carbons (Fsp3) is 0.600. The van der Waals surface area contributed by atoms with Crippen LogP contribution in [0.25, 0.3) is 0 Å². The van der Waals surface area contributed by atoms with Crippen LogP contribution >= 0.6 is 0 Å². The van der Waals surface area contributed by atoms with E-state index in [0.29, 0.717) is 5.41 Å². The Labute approximate surface area is 133 Å². The summed E-state index contributed by atoms with van der Waals surface area (Å²) in [7, 11) is 3.40. The lowest BCUT2D eigenvalue weighted by atomic mass is 9.48. The number of hydrogen-bond acceptors (Lipinski definition) is 2. The maximum absolute atomic E-state index is 5.71. The number of ether oxygens (including phenoxy) is 2. The van der Waals surface area contributed by atoms with Crippen molar-refractivity contribution < 1.29 is 9.47 Å². The molecule has 2 heteroatoms. The van der Waals surface area contributed by atoms with Crippen LogP contribution in [0.3, 0.4) is 0 Å². The molecule has 2 nitrogen and oxygen atoms in total. The Hall–Kier alpha value is -1.62. The van der Waals surface area contributed by atoms with Crippen LogP contribution in [0.4, 0.5) is 0 Å². The van der Waals surface area contributed by atoms with Gasteiger partial charge in [0.2, 0.25) is 0 Å². The zero-order valence-electron chi connectivity index (χ0n) is 13.5. The number of methoxy groups -OCH3 is 2. The zero-order chi connectivity index (χ0) is 15.2. The van der Waals surface area contributed by atoms with Crippen LogP contribution in [0.2, 0.25) is 0 Å². The summed E-state index contributed by atoms with van der Waals surface area (Å²) in [4.78, 5) is 0. The molecule has 22 heavy (non-hydrogen) atoms. The third kappa shape index (κ3) is 2.19. The predicted octanol–water partition coefficient (Wildman–Crippen LogP) is 4.12. The maximum atomic E-state index is 5.71. The van der Waals surface area contributed by atoms with E-state index in [1.54, 1.807) is 14.2 Å². The first-order valence-electron chi connectivity index (χ1n) is 8.45. The lowest BCUT2D eigenvalue weighted by Crippen LogP contribution is -2.48. The standard InChI is InChI=1S/C20H24O2/c1-21-6-5-14-3-4-19(22-2)18(10-14)20-11-15-7-16(12-20)9-17(8-15)13-20/h3-4,10,15-17H,7-9,11-13H2,1-2H3. The van der Waals surface area contributed by atoms with Crippen molar-refractivity contribution in [3.05, 3.63) is 29.3 Å². The molecule has 116 valence electrons. The minimum absolute atomic E-state index is 0.338. The second-order valence-corrected chi connectivity index (χ2v) is 7.54. The molecule has 0 heterocycles. The predicted molar refractivity (Wildman–Crippen MR) is 86.7 cm³/mol. The molecule has 0 N–H and O–H groups in total. The molecule has 0 spiro atoms. The molecule has 1 aromatic carbocycles. The van der Waals surface area contributed by atoms with Crippen molar-refractivity contribution in [1.82, 2.24) is 0 Å². The van der Waals surface area contributed by atoms with Gasteiger partial charge in [0, 0.05) is 11.1 Å². The smallest absolute Gasteiger partial charge is 0.122 e. The summed E-state index contributed by atoms with van der Waals surface area (Å²) in [5, 5.41) is 0. The van der Waals surface area contributed by atoms with Crippen LogP contribution in [0.5, 0.6) is 5.75 Å². The van der Waals surface area contributed by atoms with Gasteiger partial charge in [-0.05, 0) is 85.8 Å². The first-order chi connectivity index (χ1) is 10.7. The molecule has 4 aliphatic carbocycles. The Morgan fingerprint density at radius 2 is 1.64 bits per heavy atom. The van der Waals surface area contributed by atoms with Gasteiger partial charge < -0.3 is 9.47 Å². The average Bonchev–Trinajstić information content (AvgIpc) is 2.51. The van der Waals surface area contributed by atoms with Crippen molar-refractivity contribution in [1.29, 1.82) is 0 Å². The van der Waals surface area contributed by atoms with E-state index in [0.717, 1.165) is 29.1 Å². The average molecular weight is 296 g/mol. The van der Waals surface area contributed by atoms with Gasteiger partial charge in [-0.2, -0.15) is 0 Å². The lowest BCUT2D eigenvalue weighted by molar-refractivity contribution is -0.00616. The Morgan fingerprint density at radius 3 is 2.18 bits per heavy atom. The molecule has 0 amide bonds. The summed E-state index contributed by atoms with van der Waals surface area (Å²) in [5.41, 5.74) is 2.77. The molecule has 0 unspecified atom stereocenters. The molecular weight excluding hydrogens is 272 g/mol. The summed E-state index contributed by atoms with van der Waals surface area (Å²) < 4.78 is 10.6. The molecule has 0 aromatic heterocycles. The molecule has 4 saturated carbocycles. The van der Waals surface area contributed by atoms with Crippen molar-refractivity contribution in [2.45, 2.75) is 43.9 Å². The summed E-state index contributed by atoms with van der Waals surface area (Å²) in [6.45, 7) is 0. The van der Waals surface area contributed by atoms with E-state index in [4.69, 9.17) is 9.47 Å². The van der Waals surface area contributed by atoms with E-state index in [1.807, 2.05) is 6.07 Å². The first-order valence-corrected chi connectivity index (χ1v) is 8.45. The molecule has 1 aromatic rings. The quantitative estimate of drug-likeness (QED) is 0.764. The summed E-state index contributed by atoms with van der Waals surface area (Å²) in [6, 6.07) is 6.39. The van der Waals surface area contributed by atoms with Crippen molar-refractivity contribution in [3.63, 3.8) is 0 Å². The molecule has 5 rings (SSSR count). The number of benzene rings is 1. The van der Waals surface area contributed by atoms with Gasteiger partial charge in [-0.25, -0.2) is 0 Å². The van der Waals surface area contributed by atoms with Gasteiger partial charge in [0.1, 0.15) is 11.9 Å². The highest BCUT2D eigenvalue weighted by Crippen LogP contribution is 2.61. The van der Waals surface area contributed by atoms with E-state index in [-0.39, 0.29) is 0 Å². The number of hydrogen-bond donors (Lipinski definition) is 0. The Bertz CT molecular complexity index is 600. The molecule has 4 aliphatic rings. The van der Waals surface area contributed by atoms with E-state index in [1.165, 1.54) is 44.1 Å². The number of rotatable bonds is 2. The molecule has 4 fully saturated rings. The van der Waals surface area contributed by atoms with E-state index >= 15 is 0 Å². The summed E-state index contributed by atoms with van der Waals surface area (Å²) in [5.74, 6) is 6.94. The van der Waals surface area contributed by atoms with Crippen LogP contribution in [0.15, 0.2) is 18.2 Å². The normalized spacial score (nSPS) is 34.9. The fourth-order valence-corrected chi connectivity index (χ4v) is 5.75. The van der Waals surface area contributed by atoms with Crippen LogP contribution in [-0.4, -0.2) is 14.2 Å². The minimum Gasteiger partial charge on any atom is -0.496 e. The van der Waals surface area contributed by atoms with Gasteiger partial charge in [0.05, 0.1) is 14.2 Å². The van der Waals surface area contributed by atoms with Crippen molar-refractivity contribution in [2.24, 2.45) is 17.8 Å². The fourth-order valence-electron chi connectivity index (χ4n) is 5.75. The van der Waals surface area contributed by atoms with Crippen molar-refractivity contribution >= 4 is 0 Å². The monoisotopic (exact) mass is 296 g/mol. The van der Waals surface area contributed by atoms with E-state index in [2.05, 4.69) is 24.2 Å². The van der Waals surface area contributed by atoms with Gasteiger partial charge in [-0.3, -0.25) is 0 Å². The van der Waals surface area contributed by atoms with Crippen LogP contribution < -0.4 is 4.74 Å². The lowest BCUT2D eigenvalue weighted by Gasteiger charge is -2.57. The molecule has 0 radical (unpaired) electrons. The van der Waals surface area contributed by atoms with Gasteiger partial charge in [-0.15, -0.1) is 0 Å². The third-order valence-electron chi connectivity index (χ3n) is 6.11. The Morgan fingerprint density at radius 1 is 1.00 bits per heavy atom. The third-order valence-corrected chi connectivity index (χ3v) is 6.11. The maximum Gasteiger partial charge on any atom is 0.122 e. The zero-order valence-corrected chi connectivity index (χ0v) is 13.5. The largest absolute Gasteiger partial charge is 0.496 e. The SMILES string of the molecule is COC#Cc1ccc(OC)c(C23CC4CC(CC(C4)C2)C3)c1. The van der Waals surface area contributed by atoms with Crippen LogP contribution in [0, 0.1) is 29.8 Å². The van der Waals surface area contributed by atoms with Crippen molar-refractivity contribution in [3.8, 4) is 17.8 Å². The van der Waals surface area contributed by atoms with Gasteiger partial charge >= 0.3 is 0 Å². The Kier molecular flexibility index (Phi) is 3.33. The second-order valence-electron chi connectivity index (χ2n) is 7.54. The van der Waals surface area contributed by atoms with Gasteiger partial charge in [0.25, 0.3) is 0 Å². The topological polar surface area (TPSA) is 18.5 Å². The van der Waals surface area contributed by atoms with Crippen LogP contribution in [0.1, 0.15) is 49.7 Å². The molecule has 0 saturated heterocycles. The summed E-state index contributed by atoms with van der Waals surface area (Å²) in [6.07, 6.45) is 11.1. The van der Waals surface area contributed by atoms with Gasteiger partial charge in [0.15, 0.2) is 0 Å². The van der Waals surface area contributed by atoms with E-state index < -0.39 is 0 Å². The minimum atomic E-state index is 0.338.